The van der Waals surface area contributed by atoms with Crippen LogP contribution in [0.5, 0.6) is 0 Å². The van der Waals surface area contributed by atoms with Gasteiger partial charge in [-0.3, -0.25) is 9.89 Å². The molecule has 1 saturated carbocycles. The molecule has 1 amide bonds. The molecule has 2 N–H and O–H groups in total. The van der Waals surface area contributed by atoms with Crippen LogP contribution in [-0.2, 0) is 0 Å². The van der Waals surface area contributed by atoms with E-state index in [9.17, 15) is 4.79 Å². The third kappa shape index (κ3) is 2.82. The summed E-state index contributed by atoms with van der Waals surface area (Å²) in [5, 5.41) is 9.22. The summed E-state index contributed by atoms with van der Waals surface area (Å²) >= 11 is 11.3. The Morgan fingerprint density at radius 1 is 1.32 bits per heavy atom. The lowest BCUT2D eigenvalue weighted by Gasteiger charge is -2.01. The van der Waals surface area contributed by atoms with Crippen LogP contribution in [0.25, 0.3) is 0 Å². The molecule has 2 aromatic heterocycles. The number of rotatable bonds is 3. The zero-order valence-corrected chi connectivity index (χ0v) is 11.0. The summed E-state index contributed by atoms with van der Waals surface area (Å²) in [4.78, 5) is 23.5. The number of aromatic amines is 1. The Balaban J connectivity index is 1.75. The van der Waals surface area contributed by atoms with E-state index in [4.69, 9.17) is 23.2 Å². The predicted molar refractivity (Wildman–Crippen MR) is 68.4 cm³/mol. The minimum atomic E-state index is -0.478. The van der Waals surface area contributed by atoms with E-state index in [1.807, 2.05) is 0 Å². The Hall–Kier alpha value is -1.73. The van der Waals surface area contributed by atoms with Gasteiger partial charge < -0.3 is 5.32 Å². The minimum Gasteiger partial charge on any atom is -0.304 e. The van der Waals surface area contributed by atoms with Gasteiger partial charge in [0.05, 0.1) is 0 Å². The van der Waals surface area contributed by atoms with Gasteiger partial charge >= 0.3 is 0 Å². The second kappa shape index (κ2) is 4.75. The highest BCUT2D eigenvalue weighted by Gasteiger charge is 2.28. The molecule has 98 valence electrons. The number of nitrogens with zero attached hydrogens (tertiary/aromatic N) is 4. The number of hydrogen-bond acceptors (Lipinski definition) is 5. The number of carbonyl (C=O) groups excluding carboxylic acids is 1. The quantitative estimate of drug-likeness (QED) is 0.667. The lowest BCUT2D eigenvalue weighted by molar-refractivity contribution is 0.101. The van der Waals surface area contributed by atoms with Crippen molar-refractivity contribution in [2.24, 2.45) is 0 Å². The predicted octanol–water partition coefficient (Wildman–Crippen LogP) is 2.03. The smallest absolute Gasteiger partial charge is 0.296 e. The minimum absolute atomic E-state index is 0.0449. The number of anilines is 1. The summed E-state index contributed by atoms with van der Waals surface area (Å²) in [7, 11) is 0. The number of amides is 1. The average molecular weight is 299 g/mol. The van der Waals surface area contributed by atoms with E-state index < -0.39 is 5.91 Å². The lowest BCUT2D eigenvalue weighted by Crippen LogP contribution is -2.15. The van der Waals surface area contributed by atoms with E-state index in [-0.39, 0.29) is 22.1 Å². The molecule has 1 aliphatic rings. The fourth-order valence-electron chi connectivity index (χ4n) is 1.54. The molecule has 9 heteroatoms. The van der Waals surface area contributed by atoms with Gasteiger partial charge in [0.15, 0.2) is 0 Å². The lowest BCUT2D eigenvalue weighted by atomic mass is 10.4. The summed E-state index contributed by atoms with van der Waals surface area (Å²) in [5.74, 6) is 0.926. The summed E-state index contributed by atoms with van der Waals surface area (Å²) in [6.45, 7) is 0. The number of H-pyrrole nitrogens is 1. The third-order valence-corrected chi connectivity index (χ3v) is 2.94. The molecule has 0 aliphatic heterocycles. The van der Waals surface area contributed by atoms with Crippen LogP contribution in [0.2, 0.25) is 10.4 Å². The maximum atomic E-state index is 11.9. The fraction of sp³-hybridized carbons (Fsp3) is 0.300. The Bertz CT molecular complexity index is 618. The second-order valence-electron chi connectivity index (χ2n) is 4.12. The van der Waals surface area contributed by atoms with Crippen LogP contribution in [0.3, 0.4) is 0 Å². The van der Waals surface area contributed by atoms with Crippen molar-refractivity contribution in [3.63, 3.8) is 0 Å². The van der Waals surface area contributed by atoms with Gasteiger partial charge in [0.1, 0.15) is 16.8 Å². The number of halogens is 2. The number of carbonyl (C=O) groups is 1. The molecule has 0 spiro atoms. The van der Waals surface area contributed by atoms with Crippen molar-refractivity contribution in [2.45, 2.75) is 18.8 Å². The first-order valence-electron chi connectivity index (χ1n) is 5.55. The molecule has 0 unspecified atom stereocenters. The van der Waals surface area contributed by atoms with Crippen molar-refractivity contribution in [3.8, 4) is 0 Å². The molecule has 7 nitrogen and oxygen atoms in total. The van der Waals surface area contributed by atoms with Crippen molar-refractivity contribution in [1.29, 1.82) is 0 Å². The van der Waals surface area contributed by atoms with Crippen molar-refractivity contribution < 1.29 is 4.79 Å². The molecule has 2 heterocycles. The SMILES string of the molecule is O=C(Nc1cc(Cl)nc(Cl)n1)c1n[nH]c(C2CC2)n1. The Morgan fingerprint density at radius 3 is 2.79 bits per heavy atom. The van der Waals surface area contributed by atoms with Crippen molar-refractivity contribution >= 4 is 34.9 Å². The van der Waals surface area contributed by atoms with Crippen LogP contribution < -0.4 is 5.32 Å². The van der Waals surface area contributed by atoms with Gasteiger partial charge in [0.25, 0.3) is 5.91 Å². The topological polar surface area (TPSA) is 96.5 Å². The van der Waals surface area contributed by atoms with Crippen LogP contribution in [-0.4, -0.2) is 31.1 Å². The van der Waals surface area contributed by atoms with E-state index in [0.717, 1.165) is 18.7 Å². The monoisotopic (exact) mass is 298 g/mol. The Kier molecular flexibility index (Phi) is 3.08. The largest absolute Gasteiger partial charge is 0.304 e. The van der Waals surface area contributed by atoms with Gasteiger partial charge in [-0.1, -0.05) is 11.6 Å². The summed E-state index contributed by atoms with van der Waals surface area (Å²) in [6, 6.07) is 1.39. The molecule has 2 aromatic rings. The van der Waals surface area contributed by atoms with Crippen LogP contribution >= 0.6 is 23.2 Å². The molecule has 0 aromatic carbocycles. The number of nitrogens with one attached hydrogen (secondary N) is 2. The third-order valence-electron chi connectivity index (χ3n) is 2.58. The molecule has 3 rings (SSSR count). The van der Waals surface area contributed by atoms with Crippen LogP contribution in [0.4, 0.5) is 5.82 Å². The first-order valence-corrected chi connectivity index (χ1v) is 6.31. The molecule has 0 radical (unpaired) electrons. The molecule has 0 saturated heterocycles. The normalized spacial score (nSPS) is 14.4. The van der Waals surface area contributed by atoms with Crippen LogP contribution in [0, 0.1) is 0 Å². The zero-order valence-electron chi connectivity index (χ0n) is 9.52. The highest BCUT2D eigenvalue weighted by atomic mass is 35.5. The fourth-order valence-corrected chi connectivity index (χ4v) is 1.95. The molecule has 1 fully saturated rings. The van der Waals surface area contributed by atoms with E-state index in [1.54, 1.807) is 0 Å². The Labute approximate surface area is 117 Å². The summed E-state index contributed by atoms with van der Waals surface area (Å²) in [6.07, 6.45) is 2.15. The van der Waals surface area contributed by atoms with Gasteiger partial charge in [-0.15, -0.1) is 5.10 Å². The highest BCUT2D eigenvalue weighted by molar-refractivity contribution is 6.32. The first-order chi connectivity index (χ1) is 9.11. The van der Waals surface area contributed by atoms with Crippen molar-refractivity contribution in [2.75, 3.05) is 5.32 Å². The summed E-state index contributed by atoms with van der Waals surface area (Å²) < 4.78 is 0. The molecule has 19 heavy (non-hydrogen) atoms. The zero-order chi connectivity index (χ0) is 13.4. The van der Waals surface area contributed by atoms with E-state index in [0.29, 0.717) is 5.92 Å². The number of aromatic nitrogens is 5. The molecular weight excluding hydrogens is 291 g/mol. The van der Waals surface area contributed by atoms with E-state index in [1.165, 1.54) is 6.07 Å². The molecule has 1 aliphatic carbocycles. The number of hydrogen-bond donors (Lipinski definition) is 2. The maximum Gasteiger partial charge on any atom is 0.296 e. The van der Waals surface area contributed by atoms with Crippen molar-refractivity contribution in [1.82, 2.24) is 25.1 Å². The second-order valence-corrected chi connectivity index (χ2v) is 4.84. The molecule has 0 bridgehead atoms. The molecule has 0 atom stereocenters. The first kappa shape index (κ1) is 12.3. The van der Waals surface area contributed by atoms with E-state index in [2.05, 4.69) is 30.5 Å². The van der Waals surface area contributed by atoms with Gasteiger partial charge in [-0.2, -0.15) is 0 Å². The highest BCUT2D eigenvalue weighted by Crippen LogP contribution is 2.37. The van der Waals surface area contributed by atoms with Gasteiger partial charge in [0, 0.05) is 12.0 Å². The molecular formula is C10H8Cl2N6O. The average Bonchev–Trinajstić information content (AvgIpc) is 3.05. The van der Waals surface area contributed by atoms with E-state index >= 15 is 0 Å². The van der Waals surface area contributed by atoms with Crippen LogP contribution in [0.1, 0.15) is 35.2 Å². The standard InChI is InChI=1S/C10H8Cl2N6O/c11-5-3-6(15-10(12)13-5)14-9(19)8-16-7(17-18-8)4-1-2-4/h3-4H,1-2H2,(H,16,17,18)(H,13,14,15,19). The van der Waals surface area contributed by atoms with Gasteiger partial charge in [-0.05, 0) is 24.4 Å². The maximum absolute atomic E-state index is 11.9. The van der Waals surface area contributed by atoms with Crippen molar-refractivity contribution in [3.05, 3.63) is 28.2 Å². The summed E-state index contributed by atoms with van der Waals surface area (Å²) in [5.41, 5.74) is 0. The van der Waals surface area contributed by atoms with Gasteiger partial charge in [0.2, 0.25) is 11.1 Å². The van der Waals surface area contributed by atoms with Gasteiger partial charge in [-0.25, -0.2) is 15.0 Å². The Morgan fingerprint density at radius 2 is 2.11 bits per heavy atom. The van der Waals surface area contributed by atoms with Crippen LogP contribution in [0.15, 0.2) is 6.07 Å².